The molecule has 3 aliphatic rings. The van der Waals surface area contributed by atoms with Crippen molar-refractivity contribution in [3.05, 3.63) is 65.4 Å². The molecule has 1 N–H and O–H groups in total. The van der Waals surface area contributed by atoms with Gasteiger partial charge in [0, 0.05) is 58.3 Å². The number of rotatable bonds is 5. The molecule has 5 nitrogen and oxygen atoms in total. The number of hydrogen-bond acceptors (Lipinski definition) is 2. The number of aryl methyl sites for hydroxylation is 2. The van der Waals surface area contributed by atoms with Gasteiger partial charge in [-0.1, -0.05) is 67.6 Å². The Balaban J connectivity index is 1.42. The third kappa shape index (κ3) is 4.48. The van der Waals surface area contributed by atoms with Crippen molar-refractivity contribution in [2.75, 3.05) is 19.6 Å². The fourth-order valence-electron chi connectivity index (χ4n) is 7.61. The fraction of sp³-hybridized carbons (Fsp3) is 0.441. The van der Waals surface area contributed by atoms with Crippen LogP contribution >= 0.6 is 11.6 Å². The van der Waals surface area contributed by atoms with Gasteiger partial charge in [-0.3, -0.25) is 4.90 Å². The number of aromatic nitrogens is 2. The molecule has 2 aromatic carbocycles. The summed E-state index contributed by atoms with van der Waals surface area (Å²) < 4.78 is 4.86. The lowest BCUT2D eigenvalue weighted by molar-refractivity contribution is 0.0697. The van der Waals surface area contributed by atoms with Crippen molar-refractivity contribution in [3.63, 3.8) is 0 Å². The van der Waals surface area contributed by atoms with Gasteiger partial charge in [0.05, 0.1) is 16.8 Å². The summed E-state index contributed by atoms with van der Waals surface area (Å²) in [5.41, 5.74) is 7.74. The summed E-state index contributed by atoms with van der Waals surface area (Å²) in [6.07, 6.45) is 15.5. The summed E-state index contributed by atoms with van der Waals surface area (Å²) in [4.78, 5) is 14.5. The molecule has 0 unspecified atom stereocenters. The Bertz CT molecular complexity index is 1620. The first kappa shape index (κ1) is 25.9. The van der Waals surface area contributed by atoms with Crippen LogP contribution in [0.2, 0.25) is 0 Å². The highest BCUT2D eigenvalue weighted by atomic mass is 35.5. The van der Waals surface area contributed by atoms with Gasteiger partial charge < -0.3 is 14.2 Å². The number of fused-ring (bicyclic) bond motifs is 4. The molecule has 208 valence electrons. The molecule has 2 fully saturated rings. The molecule has 0 atom stereocenters. The van der Waals surface area contributed by atoms with Crippen molar-refractivity contribution in [2.24, 2.45) is 0 Å². The number of halogens is 1. The molecular formula is C34H38ClN3O2. The number of carboxylic acid groups (broad SMARTS) is 1. The summed E-state index contributed by atoms with van der Waals surface area (Å²) in [5, 5.41) is 13.1. The molecule has 1 saturated heterocycles. The second-order valence-electron chi connectivity index (χ2n) is 12.0. The number of nitrogens with zero attached hydrogens (tertiary/aromatic N) is 3. The number of para-hydroxylation sites is 1. The van der Waals surface area contributed by atoms with E-state index in [0.29, 0.717) is 11.5 Å². The predicted molar refractivity (Wildman–Crippen MR) is 164 cm³/mol. The van der Waals surface area contributed by atoms with E-state index in [0.717, 1.165) is 55.3 Å². The molecule has 0 bridgehead atoms. The summed E-state index contributed by atoms with van der Waals surface area (Å²) >= 11 is 7.05. The third-order valence-electron chi connectivity index (χ3n) is 9.53. The van der Waals surface area contributed by atoms with Crippen molar-refractivity contribution in [1.29, 1.82) is 0 Å². The van der Waals surface area contributed by atoms with Crippen molar-refractivity contribution < 1.29 is 9.90 Å². The first-order valence-corrected chi connectivity index (χ1v) is 15.6. The minimum Gasteiger partial charge on any atom is -0.478 e. The van der Waals surface area contributed by atoms with Gasteiger partial charge in [-0.25, -0.2) is 4.79 Å². The maximum Gasteiger partial charge on any atom is 0.335 e. The minimum atomic E-state index is -0.867. The highest BCUT2D eigenvalue weighted by Gasteiger charge is 2.29. The van der Waals surface area contributed by atoms with Crippen molar-refractivity contribution in [1.82, 2.24) is 14.0 Å². The molecule has 1 saturated carbocycles. The highest BCUT2D eigenvalue weighted by molar-refractivity contribution is 6.49. The molecule has 0 spiro atoms. The number of carbonyl (C=O) groups is 1. The van der Waals surface area contributed by atoms with Crippen LogP contribution in [0.3, 0.4) is 0 Å². The topological polar surface area (TPSA) is 50.4 Å². The van der Waals surface area contributed by atoms with E-state index >= 15 is 0 Å². The summed E-state index contributed by atoms with van der Waals surface area (Å²) in [6.45, 7) is 4.98. The van der Waals surface area contributed by atoms with Crippen LogP contribution in [0.5, 0.6) is 0 Å². The van der Waals surface area contributed by atoms with Crippen LogP contribution in [0.4, 0.5) is 0 Å². The van der Waals surface area contributed by atoms with E-state index in [1.54, 1.807) is 6.07 Å². The Hall–Kier alpha value is -3.02. The molecule has 2 aliphatic heterocycles. The second kappa shape index (κ2) is 10.8. The maximum atomic E-state index is 11.9. The van der Waals surface area contributed by atoms with E-state index in [4.69, 9.17) is 11.6 Å². The standard InChI is InChI=1S/C34H38ClN3O2/c35-29(15-20-36-16-5-2-6-17-36)28-22-37-18-8-19-38-30-21-24(34(39)40)13-14-26(30)31(23-9-3-1-4-10-23)33(38)27-12-7-11-25(28)32(27)37/h7,11-15,21-23H,1-6,8-10,16-20H2,(H,39,40)/b29-15-. The third-order valence-corrected chi connectivity index (χ3v) is 9.89. The first-order chi connectivity index (χ1) is 19.6. The normalized spacial score (nSPS) is 19.1. The molecule has 0 radical (unpaired) electrons. The summed E-state index contributed by atoms with van der Waals surface area (Å²) in [6, 6.07) is 12.4. The van der Waals surface area contributed by atoms with Gasteiger partial charge in [-0.15, -0.1) is 0 Å². The highest BCUT2D eigenvalue weighted by Crippen LogP contribution is 2.47. The van der Waals surface area contributed by atoms with Crippen molar-refractivity contribution in [3.8, 4) is 11.3 Å². The number of hydrogen-bond donors (Lipinski definition) is 1. The lowest BCUT2D eigenvalue weighted by Crippen LogP contribution is -2.29. The lowest BCUT2D eigenvalue weighted by Gasteiger charge is -2.25. The Labute approximate surface area is 241 Å². The Morgan fingerprint density at radius 2 is 1.73 bits per heavy atom. The van der Waals surface area contributed by atoms with E-state index < -0.39 is 5.97 Å². The summed E-state index contributed by atoms with van der Waals surface area (Å²) in [5.74, 6) is -0.372. The monoisotopic (exact) mass is 555 g/mol. The van der Waals surface area contributed by atoms with E-state index in [1.165, 1.54) is 84.5 Å². The molecule has 40 heavy (non-hydrogen) atoms. The lowest BCUT2D eigenvalue weighted by atomic mass is 9.81. The largest absolute Gasteiger partial charge is 0.478 e. The van der Waals surface area contributed by atoms with Gasteiger partial charge >= 0.3 is 5.97 Å². The van der Waals surface area contributed by atoms with Gasteiger partial charge in [-0.05, 0) is 68.8 Å². The zero-order valence-corrected chi connectivity index (χ0v) is 23.9. The molecule has 6 heteroatoms. The molecule has 4 heterocycles. The average Bonchev–Trinajstić information content (AvgIpc) is 3.51. The van der Waals surface area contributed by atoms with Crippen LogP contribution in [0.15, 0.2) is 48.7 Å². The quantitative estimate of drug-likeness (QED) is 0.268. The Kier molecular flexibility index (Phi) is 6.97. The van der Waals surface area contributed by atoms with Crippen LogP contribution in [-0.4, -0.2) is 44.7 Å². The fourth-order valence-corrected chi connectivity index (χ4v) is 7.83. The number of piperidine rings is 1. The minimum absolute atomic E-state index is 0.361. The molecule has 1 aliphatic carbocycles. The van der Waals surface area contributed by atoms with Gasteiger partial charge in [0.15, 0.2) is 0 Å². The number of benzene rings is 2. The van der Waals surface area contributed by atoms with Crippen molar-refractivity contribution >= 4 is 44.4 Å². The number of carboxylic acids is 1. The average molecular weight is 556 g/mol. The van der Waals surface area contributed by atoms with E-state index in [9.17, 15) is 9.90 Å². The first-order valence-electron chi connectivity index (χ1n) is 15.2. The molecule has 2 aromatic heterocycles. The van der Waals surface area contributed by atoms with Gasteiger partial charge in [0.2, 0.25) is 0 Å². The smallest absolute Gasteiger partial charge is 0.335 e. The van der Waals surface area contributed by atoms with Crippen LogP contribution in [0.25, 0.3) is 38.1 Å². The van der Waals surface area contributed by atoms with Crippen LogP contribution in [0.1, 0.15) is 85.2 Å². The van der Waals surface area contributed by atoms with Crippen LogP contribution < -0.4 is 0 Å². The molecule has 4 aromatic rings. The molecule has 7 rings (SSSR count). The maximum absolute atomic E-state index is 11.9. The number of likely N-dealkylation sites (tertiary alicyclic amines) is 1. The summed E-state index contributed by atoms with van der Waals surface area (Å²) in [7, 11) is 0. The Morgan fingerprint density at radius 1 is 0.925 bits per heavy atom. The van der Waals surface area contributed by atoms with Gasteiger partial charge in [-0.2, -0.15) is 0 Å². The van der Waals surface area contributed by atoms with E-state index in [1.807, 2.05) is 6.07 Å². The zero-order valence-electron chi connectivity index (χ0n) is 23.2. The molecular weight excluding hydrogens is 518 g/mol. The SMILES string of the molecule is O=C(O)c1ccc2c(C3CCCCC3)c3n(c2c1)CCCn1cc(/C(Cl)=C/CN2CCCCC2)c2cccc-3c21. The second-order valence-corrected chi connectivity index (χ2v) is 12.4. The van der Waals surface area contributed by atoms with Crippen molar-refractivity contribution in [2.45, 2.75) is 76.8 Å². The number of aromatic carboxylic acids is 1. The van der Waals surface area contributed by atoms with Crippen LogP contribution in [-0.2, 0) is 13.1 Å². The van der Waals surface area contributed by atoms with E-state index in [-0.39, 0.29) is 0 Å². The zero-order chi connectivity index (χ0) is 27.2. The van der Waals surface area contributed by atoms with Gasteiger partial charge in [0.1, 0.15) is 0 Å². The van der Waals surface area contributed by atoms with Gasteiger partial charge in [0.25, 0.3) is 0 Å². The Morgan fingerprint density at radius 3 is 2.52 bits per heavy atom. The predicted octanol–water partition coefficient (Wildman–Crippen LogP) is 8.48. The molecule has 0 amide bonds. The van der Waals surface area contributed by atoms with Crippen LogP contribution in [0, 0.1) is 0 Å². The van der Waals surface area contributed by atoms with E-state index in [2.05, 4.69) is 50.6 Å².